The Balaban J connectivity index is 1.81. The van der Waals surface area contributed by atoms with Crippen molar-refractivity contribution in [1.29, 1.82) is 0 Å². The van der Waals surface area contributed by atoms with Crippen molar-refractivity contribution in [3.05, 3.63) is 65.2 Å². The number of ether oxygens (including phenoxy) is 1. The van der Waals surface area contributed by atoms with Crippen molar-refractivity contribution >= 4 is 5.69 Å². The second kappa shape index (κ2) is 6.29. The van der Waals surface area contributed by atoms with E-state index in [0.29, 0.717) is 18.6 Å². The van der Waals surface area contributed by atoms with E-state index in [1.165, 1.54) is 6.07 Å². The minimum atomic E-state index is -0.853. The first kappa shape index (κ1) is 13.5. The molecule has 0 aliphatic carbocycles. The summed E-state index contributed by atoms with van der Waals surface area (Å²) in [6.45, 7) is 0.733. The number of rotatable bonds is 5. The fourth-order valence-electron chi connectivity index (χ4n) is 1.76. The summed E-state index contributed by atoms with van der Waals surface area (Å²) < 4.78 is 31.1. The Morgan fingerprint density at radius 1 is 1.00 bits per heavy atom. The minimum absolute atomic E-state index is 0.254. The Hall–Kier alpha value is -1.94. The number of para-hydroxylation sites is 1. The Kier molecular flexibility index (Phi) is 4.47. The van der Waals surface area contributed by atoms with Gasteiger partial charge in [-0.1, -0.05) is 24.3 Å². The van der Waals surface area contributed by atoms with E-state index in [2.05, 4.69) is 0 Å². The number of hydrogen-bond acceptors (Lipinski definition) is 2. The third-order valence-electron chi connectivity index (χ3n) is 2.82. The lowest BCUT2D eigenvalue weighted by Crippen LogP contribution is -2.02. The number of benzene rings is 2. The minimum Gasteiger partial charge on any atom is -0.399 e. The molecule has 0 aromatic heterocycles. The number of hydrogen-bond donors (Lipinski definition) is 1. The molecular weight excluding hydrogens is 248 g/mol. The van der Waals surface area contributed by atoms with E-state index >= 15 is 0 Å². The maximum atomic E-state index is 13.0. The van der Waals surface area contributed by atoms with Gasteiger partial charge in [0.2, 0.25) is 0 Å². The molecule has 0 saturated heterocycles. The molecule has 0 atom stereocenters. The van der Waals surface area contributed by atoms with Gasteiger partial charge in [-0.2, -0.15) is 0 Å². The molecule has 0 heterocycles. The van der Waals surface area contributed by atoms with E-state index in [0.717, 1.165) is 23.4 Å². The van der Waals surface area contributed by atoms with Gasteiger partial charge in [0.1, 0.15) is 0 Å². The molecule has 2 aromatic carbocycles. The third-order valence-corrected chi connectivity index (χ3v) is 2.82. The van der Waals surface area contributed by atoms with Gasteiger partial charge < -0.3 is 10.5 Å². The van der Waals surface area contributed by atoms with Gasteiger partial charge >= 0.3 is 0 Å². The highest BCUT2D eigenvalue weighted by molar-refractivity contribution is 5.46. The average Bonchev–Trinajstić information content (AvgIpc) is 2.40. The molecule has 0 aliphatic heterocycles. The molecule has 2 rings (SSSR count). The molecule has 4 heteroatoms. The van der Waals surface area contributed by atoms with Crippen LogP contribution in [0.25, 0.3) is 0 Å². The molecule has 0 fully saturated rings. The summed E-state index contributed by atoms with van der Waals surface area (Å²) in [7, 11) is 0. The van der Waals surface area contributed by atoms with Crippen LogP contribution >= 0.6 is 0 Å². The van der Waals surface area contributed by atoms with Gasteiger partial charge in [0.25, 0.3) is 0 Å². The van der Waals surface area contributed by atoms with Crippen LogP contribution in [-0.4, -0.2) is 6.61 Å². The van der Waals surface area contributed by atoms with E-state index in [4.69, 9.17) is 10.5 Å². The Morgan fingerprint density at radius 2 is 1.79 bits per heavy atom. The Labute approximate surface area is 110 Å². The molecule has 0 unspecified atom stereocenters. The zero-order valence-electron chi connectivity index (χ0n) is 10.4. The summed E-state index contributed by atoms with van der Waals surface area (Å²) in [5, 5.41) is 0. The summed E-state index contributed by atoms with van der Waals surface area (Å²) >= 11 is 0. The number of nitrogens with two attached hydrogens (primary N) is 1. The molecule has 2 N–H and O–H groups in total. The lowest BCUT2D eigenvalue weighted by molar-refractivity contribution is 0.123. The fraction of sp³-hybridized carbons (Fsp3) is 0.200. The fourth-order valence-corrected chi connectivity index (χ4v) is 1.76. The number of nitrogen functional groups attached to an aromatic ring is 1. The second-order valence-corrected chi connectivity index (χ2v) is 4.25. The highest BCUT2D eigenvalue weighted by atomic mass is 19.2. The first-order valence-corrected chi connectivity index (χ1v) is 6.02. The summed E-state index contributed by atoms with van der Waals surface area (Å²) in [4.78, 5) is 0. The first-order chi connectivity index (χ1) is 9.16. The Bertz CT molecular complexity index is 558. The predicted molar refractivity (Wildman–Crippen MR) is 70.6 cm³/mol. The molecule has 2 nitrogen and oxygen atoms in total. The van der Waals surface area contributed by atoms with Crippen LogP contribution in [0.15, 0.2) is 42.5 Å². The highest BCUT2D eigenvalue weighted by Crippen LogP contribution is 2.12. The van der Waals surface area contributed by atoms with Gasteiger partial charge in [0.05, 0.1) is 13.2 Å². The summed E-state index contributed by atoms with van der Waals surface area (Å²) in [5.41, 5.74) is 8.17. The van der Waals surface area contributed by atoms with Crippen LogP contribution in [0.3, 0.4) is 0 Å². The van der Waals surface area contributed by atoms with E-state index < -0.39 is 11.6 Å². The van der Waals surface area contributed by atoms with Crippen molar-refractivity contribution in [2.75, 3.05) is 12.3 Å². The van der Waals surface area contributed by atoms with Crippen LogP contribution in [0.1, 0.15) is 11.1 Å². The van der Waals surface area contributed by atoms with E-state index in [1.54, 1.807) is 0 Å². The number of halogens is 2. The van der Waals surface area contributed by atoms with Gasteiger partial charge in [-0.3, -0.25) is 0 Å². The predicted octanol–water partition coefficient (Wildman–Crippen LogP) is 3.31. The third kappa shape index (κ3) is 3.76. The lowest BCUT2D eigenvalue weighted by atomic mass is 10.1. The van der Waals surface area contributed by atoms with Crippen molar-refractivity contribution in [3.8, 4) is 0 Å². The van der Waals surface area contributed by atoms with Gasteiger partial charge in [0, 0.05) is 5.69 Å². The SMILES string of the molecule is Nc1ccccc1CCOCc1ccc(F)c(F)c1. The van der Waals surface area contributed by atoms with Gasteiger partial charge in [-0.25, -0.2) is 8.78 Å². The Morgan fingerprint density at radius 3 is 2.53 bits per heavy atom. The van der Waals surface area contributed by atoms with Crippen molar-refractivity contribution in [2.45, 2.75) is 13.0 Å². The molecule has 0 aliphatic rings. The van der Waals surface area contributed by atoms with Gasteiger partial charge in [-0.15, -0.1) is 0 Å². The van der Waals surface area contributed by atoms with Crippen LogP contribution < -0.4 is 5.73 Å². The van der Waals surface area contributed by atoms with Crippen LogP contribution in [0.5, 0.6) is 0 Å². The van der Waals surface area contributed by atoms with Gasteiger partial charge in [-0.05, 0) is 35.7 Å². The summed E-state index contributed by atoms with van der Waals surface area (Å²) in [5.74, 6) is -1.70. The van der Waals surface area contributed by atoms with Gasteiger partial charge in [0.15, 0.2) is 11.6 Å². The standard InChI is InChI=1S/C15H15F2NO/c16-13-6-5-11(9-14(13)17)10-19-8-7-12-3-1-2-4-15(12)18/h1-6,9H,7-8,10,18H2. The highest BCUT2D eigenvalue weighted by Gasteiger charge is 2.03. The molecule has 0 spiro atoms. The van der Waals surface area contributed by atoms with Crippen LogP contribution in [0.2, 0.25) is 0 Å². The molecule has 0 radical (unpaired) electrons. The van der Waals surface area contributed by atoms with E-state index in [1.807, 2.05) is 24.3 Å². The largest absolute Gasteiger partial charge is 0.399 e. The van der Waals surface area contributed by atoms with Crippen molar-refractivity contribution < 1.29 is 13.5 Å². The molecule has 0 saturated carbocycles. The van der Waals surface area contributed by atoms with Crippen LogP contribution in [-0.2, 0) is 17.8 Å². The summed E-state index contributed by atoms with van der Waals surface area (Å²) in [6, 6.07) is 11.3. The molecular formula is C15H15F2NO. The molecule has 0 bridgehead atoms. The average molecular weight is 263 g/mol. The smallest absolute Gasteiger partial charge is 0.159 e. The molecule has 100 valence electrons. The molecule has 19 heavy (non-hydrogen) atoms. The zero-order chi connectivity index (χ0) is 13.7. The van der Waals surface area contributed by atoms with Crippen molar-refractivity contribution in [2.24, 2.45) is 0 Å². The van der Waals surface area contributed by atoms with Crippen LogP contribution in [0.4, 0.5) is 14.5 Å². The molecule has 0 amide bonds. The number of anilines is 1. The maximum Gasteiger partial charge on any atom is 0.159 e. The first-order valence-electron chi connectivity index (χ1n) is 6.02. The monoisotopic (exact) mass is 263 g/mol. The normalized spacial score (nSPS) is 10.6. The zero-order valence-corrected chi connectivity index (χ0v) is 10.4. The van der Waals surface area contributed by atoms with Crippen molar-refractivity contribution in [3.63, 3.8) is 0 Å². The lowest BCUT2D eigenvalue weighted by Gasteiger charge is -2.07. The maximum absolute atomic E-state index is 13.0. The van der Waals surface area contributed by atoms with E-state index in [-0.39, 0.29) is 6.61 Å². The summed E-state index contributed by atoms with van der Waals surface area (Å²) in [6.07, 6.45) is 0.691. The topological polar surface area (TPSA) is 35.2 Å². The quantitative estimate of drug-likeness (QED) is 0.663. The van der Waals surface area contributed by atoms with Crippen LogP contribution in [0, 0.1) is 11.6 Å². The molecule has 2 aromatic rings. The second-order valence-electron chi connectivity index (χ2n) is 4.25. The van der Waals surface area contributed by atoms with Crippen molar-refractivity contribution in [1.82, 2.24) is 0 Å². The van der Waals surface area contributed by atoms with E-state index in [9.17, 15) is 8.78 Å².